The second-order valence-electron chi connectivity index (χ2n) is 4.33. The summed E-state index contributed by atoms with van der Waals surface area (Å²) in [5.41, 5.74) is 2.05. The highest BCUT2D eigenvalue weighted by atomic mass is 16.1. The van der Waals surface area contributed by atoms with Crippen LogP contribution in [-0.2, 0) is 4.79 Å². The molecule has 1 unspecified atom stereocenters. The van der Waals surface area contributed by atoms with Crippen molar-refractivity contribution in [1.29, 1.82) is 0 Å². The number of carbonyl (C=O) groups excluding carboxylic acids is 1. The van der Waals surface area contributed by atoms with E-state index in [0.717, 1.165) is 11.3 Å². The number of fused-ring (bicyclic) bond motifs is 1. The smallest absolute Gasteiger partial charge is 0.206 e. The van der Waals surface area contributed by atoms with E-state index in [2.05, 4.69) is 11.5 Å². The molecule has 78 valence electrons. The summed E-state index contributed by atoms with van der Waals surface area (Å²) in [6, 6.07) is 6.21. The van der Waals surface area contributed by atoms with Crippen LogP contribution in [0.1, 0.15) is 32.5 Å². The van der Waals surface area contributed by atoms with Gasteiger partial charge in [0, 0.05) is 31.1 Å². The minimum Gasteiger partial charge on any atom is -0.294 e. The van der Waals surface area contributed by atoms with Gasteiger partial charge in [0.1, 0.15) is 0 Å². The van der Waals surface area contributed by atoms with E-state index in [1.54, 1.807) is 0 Å². The van der Waals surface area contributed by atoms with Gasteiger partial charge in [-0.1, -0.05) is 13.8 Å². The van der Waals surface area contributed by atoms with Crippen molar-refractivity contribution in [2.24, 2.45) is 5.92 Å². The van der Waals surface area contributed by atoms with Crippen LogP contribution < -0.4 is 4.57 Å². The van der Waals surface area contributed by atoms with Gasteiger partial charge in [0.05, 0.1) is 5.57 Å². The zero-order chi connectivity index (χ0) is 11.0. The first-order chi connectivity index (χ1) is 7.11. The molecular formula is C13H16NO+. The number of aromatic nitrogens is 1. The highest BCUT2D eigenvalue weighted by Gasteiger charge is 2.33. The molecule has 15 heavy (non-hydrogen) atoms. The van der Waals surface area contributed by atoms with E-state index in [4.69, 9.17) is 0 Å². The van der Waals surface area contributed by atoms with Gasteiger partial charge >= 0.3 is 0 Å². The largest absolute Gasteiger partial charge is 0.294 e. The van der Waals surface area contributed by atoms with Gasteiger partial charge in [-0.3, -0.25) is 4.79 Å². The molecular weight excluding hydrogens is 186 g/mol. The Morgan fingerprint density at radius 3 is 2.73 bits per heavy atom. The molecule has 0 spiro atoms. The van der Waals surface area contributed by atoms with Crippen LogP contribution in [-0.4, -0.2) is 5.78 Å². The zero-order valence-corrected chi connectivity index (χ0v) is 9.40. The van der Waals surface area contributed by atoms with Crippen molar-refractivity contribution >= 4 is 11.9 Å². The van der Waals surface area contributed by atoms with Gasteiger partial charge in [-0.2, -0.15) is 4.57 Å². The average Bonchev–Trinajstić information content (AvgIpc) is 2.56. The second kappa shape index (κ2) is 3.61. The molecule has 0 aromatic carbocycles. The van der Waals surface area contributed by atoms with Crippen LogP contribution in [0, 0.1) is 5.92 Å². The molecule has 1 aliphatic rings. The van der Waals surface area contributed by atoms with Crippen LogP contribution in [0.2, 0.25) is 0 Å². The average molecular weight is 202 g/mol. The van der Waals surface area contributed by atoms with Crippen molar-refractivity contribution < 1.29 is 9.36 Å². The summed E-state index contributed by atoms with van der Waals surface area (Å²) in [5.74, 6) is 0.333. The van der Waals surface area contributed by atoms with Gasteiger partial charge in [0.15, 0.2) is 18.0 Å². The van der Waals surface area contributed by atoms with Gasteiger partial charge in [-0.05, 0) is 6.07 Å². The van der Waals surface area contributed by atoms with Gasteiger partial charge in [-0.15, -0.1) is 0 Å². The molecule has 1 aromatic rings. The Labute approximate surface area is 90.2 Å². The maximum absolute atomic E-state index is 11.9. The number of rotatable bonds is 2. The lowest BCUT2D eigenvalue weighted by Gasteiger charge is -2.07. The van der Waals surface area contributed by atoms with Crippen molar-refractivity contribution in [1.82, 2.24) is 0 Å². The molecule has 1 aromatic heterocycles. The highest BCUT2D eigenvalue weighted by molar-refractivity contribution is 6.01. The third-order valence-corrected chi connectivity index (χ3v) is 2.90. The summed E-state index contributed by atoms with van der Waals surface area (Å²) in [5, 5.41) is 0. The zero-order valence-electron chi connectivity index (χ0n) is 9.40. The van der Waals surface area contributed by atoms with Crippen LogP contribution in [0.5, 0.6) is 0 Å². The Kier molecular flexibility index (Phi) is 2.43. The molecule has 2 nitrogen and oxygen atoms in total. The Bertz CT molecular complexity index is 432. The molecule has 0 saturated carbocycles. The molecule has 1 aliphatic heterocycles. The first kappa shape index (κ1) is 10.1. The Hall–Kier alpha value is -1.44. The number of carbonyl (C=O) groups is 1. The number of Topliss-reactive ketones (excluding diaryl/α,β-unsaturated/α-hetero) is 1. The standard InChI is InChI=1S/C13H16NO/c1-9(2)13(15)12-8-11-6-4-5-7-14(11)10(12)3/h4-10H,1-3H3/q+1. The lowest BCUT2D eigenvalue weighted by molar-refractivity contribution is -0.707. The second-order valence-corrected chi connectivity index (χ2v) is 4.33. The van der Waals surface area contributed by atoms with Crippen LogP contribution in [0.3, 0.4) is 0 Å². The summed E-state index contributed by atoms with van der Waals surface area (Å²) in [6.07, 6.45) is 4.03. The molecule has 2 heteroatoms. The maximum atomic E-state index is 11.9. The van der Waals surface area contributed by atoms with E-state index < -0.39 is 0 Å². The van der Waals surface area contributed by atoms with Gasteiger partial charge in [0.25, 0.3) is 0 Å². The fraction of sp³-hybridized carbons (Fsp3) is 0.385. The molecule has 1 atom stereocenters. The lowest BCUT2D eigenvalue weighted by Crippen LogP contribution is -2.38. The summed E-state index contributed by atoms with van der Waals surface area (Å²) in [4.78, 5) is 11.9. The normalized spacial score (nSPS) is 18.9. The first-order valence-corrected chi connectivity index (χ1v) is 5.37. The quantitative estimate of drug-likeness (QED) is 0.673. The number of nitrogens with zero attached hydrogens (tertiary/aromatic N) is 1. The van der Waals surface area contributed by atoms with E-state index >= 15 is 0 Å². The van der Waals surface area contributed by atoms with Crippen molar-refractivity contribution in [3.63, 3.8) is 0 Å². The van der Waals surface area contributed by atoms with Gasteiger partial charge in [-0.25, -0.2) is 0 Å². The van der Waals surface area contributed by atoms with Crippen molar-refractivity contribution in [3.8, 4) is 0 Å². The fourth-order valence-corrected chi connectivity index (χ4v) is 1.98. The maximum Gasteiger partial charge on any atom is 0.206 e. The molecule has 2 heterocycles. The van der Waals surface area contributed by atoms with Crippen molar-refractivity contribution in [2.45, 2.75) is 26.8 Å². The van der Waals surface area contributed by atoms with Crippen LogP contribution in [0.25, 0.3) is 6.08 Å². The summed E-state index contributed by atoms with van der Waals surface area (Å²) >= 11 is 0. The SMILES string of the molecule is CC(C)C(=O)C1=Cc2cccc[n+]2C1C. The van der Waals surface area contributed by atoms with E-state index in [-0.39, 0.29) is 17.7 Å². The van der Waals surface area contributed by atoms with Gasteiger partial charge in [0.2, 0.25) is 5.69 Å². The summed E-state index contributed by atoms with van der Waals surface area (Å²) < 4.78 is 2.13. The van der Waals surface area contributed by atoms with Crippen LogP contribution in [0.15, 0.2) is 30.0 Å². The third-order valence-electron chi connectivity index (χ3n) is 2.90. The lowest BCUT2D eigenvalue weighted by atomic mass is 9.97. The van der Waals surface area contributed by atoms with E-state index in [1.165, 1.54) is 0 Å². The Morgan fingerprint density at radius 1 is 1.40 bits per heavy atom. The summed E-state index contributed by atoms with van der Waals surface area (Å²) in [7, 11) is 0. The van der Waals surface area contributed by atoms with Crippen molar-refractivity contribution in [3.05, 3.63) is 35.7 Å². The minimum absolute atomic E-state index is 0.0774. The topological polar surface area (TPSA) is 20.9 Å². The number of ketones is 1. The monoisotopic (exact) mass is 202 g/mol. The predicted octanol–water partition coefficient (Wildman–Crippen LogP) is 2.16. The molecule has 0 fully saturated rings. The molecule has 0 saturated heterocycles. The third kappa shape index (κ3) is 1.60. The molecule has 0 aliphatic carbocycles. The minimum atomic E-state index is 0.0774. The van der Waals surface area contributed by atoms with Crippen LogP contribution >= 0.6 is 0 Å². The fourth-order valence-electron chi connectivity index (χ4n) is 1.98. The van der Waals surface area contributed by atoms with E-state index in [9.17, 15) is 4.79 Å². The molecule has 0 amide bonds. The summed E-state index contributed by atoms with van der Waals surface area (Å²) in [6.45, 7) is 5.97. The number of pyridine rings is 1. The van der Waals surface area contributed by atoms with Crippen molar-refractivity contribution in [2.75, 3.05) is 0 Å². The molecule has 2 rings (SSSR count). The first-order valence-electron chi connectivity index (χ1n) is 5.37. The molecule has 0 radical (unpaired) electrons. The van der Waals surface area contributed by atoms with Gasteiger partial charge < -0.3 is 0 Å². The highest BCUT2D eigenvalue weighted by Crippen LogP contribution is 2.24. The van der Waals surface area contributed by atoms with Crippen LogP contribution in [0.4, 0.5) is 0 Å². The number of hydrogen-bond acceptors (Lipinski definition) is 1. The Morgan fingerprint density at radius 2 is 2.13 bits per heavy atom. The van der Waals surface area contributed by atoms with E-state index in [1.807, 2.05) is 44.3 Å². The number of allylic oxidation sites excluding steroid dienone is 1. The molecule has 0 bridgehead atoms. The Balaban J connectivity index is 2.39. The molecule has 0 N–H and O–H groups in total. The number of hydrogen-bond donors (Lipinski definition) is 0. The predicted molar refractivity (Wildman–Crippen MR) is 59.2 cm³/mol. The van der Waals surface area contributed by atoms with E-state index in [0.29, 0.717) is 0 Å².